The molecule has 0 spiro atoms. The second kappa shape index (κ2) is 13.7. The summed E-state index contributed by atoms with van der Waals surface area (Å²) < 4.78 is 17.1. The largest absolute Gasteiger partial charge is 0.490 e. The van der Waals surface area contributed by atoms with Crippen molar-refractivity contribution in [1.82, 2.24) is 5.32 Å². The number of ether oxygens (including phenoxy) is 3. The van der Waals surface area contributed by atoms with E-state index in [1.807, 2.05) is 13.8 Å². The van der Waals surface area contributed by atoms with Gasteiger partial charge in [-0.2, -0.15) is 0 Å². The summed E-state index contributed by atoms with van der Waals surface area (Å²) in [6.07, 6.45) is 2.10. The van der Waals surface area contributed by atoms with Crippen LogP contribution in [0, 0.1) is 6.92 Å². The number of aryl methyl sites for hydroxylation is 1. The van der Waals surface area contributed by atoms with E-state index in [9.17, 15) is 19.2 Å². The smallest absolute Gasteiger partial charge is 0.335 e. The number of nitrogens with zero attached hydrogens (tertiary/aromatic N) is 1. The molecule has 0 atom stereocenters. The number of halogens is 1. The zero-order chi connectivity index (χ0) is 30.2. The Hall–Kier alpha value is -4.83. The fraction of sp³-hybridized carbons (Fsp3) is 0.226. The van der Waals surface area contributed by atoms with Crippen LogP contribution in [0.15, 0.2) is 66.2 Å². The van der Waals surface area contributed by atoms with Crippen LogP contribution in [-0.4, -0.2) is 43.6 Å². The number of imide groups is 2. The Bertz CT molecular complexity index is 1550. The lowest BCUT2D eigenvalue weighted by Gasteiger charge is -2.27. The van der Waals surface area contributed by atoms with Gasteiger partial charge in [0.2, 0.25) is 0 Å². The summed E-state index contributed by atoms with van der Waals surface area (Å²) in [6.45, 7) is 6.08. The number of hydrogen-bond donors (Lipinski definition) is 2. The predicted molar refractivity (Wildman–Crippen MR) is 159 cm³/mol. The molecule has 2 N–H and O–H groups in total. The van der Waals surface area contributed by atoms with Gasteiger partial charge < -0.3 is 19.5 Å². The van der Waals surface area contributed by atoms with Crippen molar-refractivity contribution < 1.29 is 33.4 Å². The Balaban J connectivity index is 1.56. The van der Waals surface area contributed by atoms with Crippen molar-refractivity contribution in [3.8, 4) is 17.2 Å². The van der Waals surface area contributed by atoms with Gasteiger partial charge in [0, 0.05) is 22.3 Å². The van der Waals surface area contributed by atoms with Gasteiger partial charge >= 0.3 is 6.03 Å². The number of rotatable bonds is 11. The fourth-order valence-electron chi connectivity index (χ4n) is 4.03. The summed E-state index contributed by atoms with van der Waals surface area (Å²) in [7, 11) is 0. The number of benzene rings is 3. The molecular weight excluding hydrogens is 562 g/mol. The summed E-state index contributed by atoms with van der Waals surface area (Å²) >= 11 is 6.13. The molecule has 5 amide bonds. The van der Waals surface area contributed by atoms with Gasteiger partial charge in [-0.15, -0.1) is 0 Å². The van der Waals surface area contributed by atoms with Crippen LogP contribution >= 0.6 is 11.6 Å². The minimum Gasteiger partial charge on any atom is -0.490 e. The van der Waals surface area contributed by atoms with E-state index in [4.69, 9.17) is 25.8 Å². The van der Waals surface area contributed by atoms with Crippen molar-refractivity contribution in [1.29, 1.82) is 0 Å². The molecule has 0 saturated carbocycles. The average Bonchev–Trinajstić information content (AvgIpc) is 2.96. The molecule has 1 fully saturated rings. The Morgan fingerprint density at radius 2 is 1.74 bits per heavy atom. The minimum atomic E-state index is -0.899. The van der Waals surface area contributed by atoms with E-state index in [2.05, 4.69) is 10.6 Å². The molecule has 4 rings (SSSR count). The Kier molecular flexibility index (Phi) is 9.82. The molecule has 3 aromatic carbocycles. The summed E-state index contributed by atoms with van der Waals surface area (Å²) in [6, 6.07) is 15.5. The number of carbonyl (C=O) groups excluding carboxylic acids is 4. The second-order valence-electron chi connectivity index (χ2n) is 9.21. The molecule has 218 valence electrons. The van der Waals surface area contributed by atoms with Crippen molar-refractivity contribution in [2.24, 2.45) is 0 Å². The standard InChI is InChI=1S/C31H30ClN3O7/c1-4-14-41-26-13-12-22(17-27(26)40-5-2)35-30(38)23(29(37)34-31(35)39)15-20-8-6-7-9-25(20)42-18-28(36)33-21-11-10-19(3)24(32)16-21/h6-13,15-17H,4-5,14,18H2,1-3H3,(H,33,36)(H,34,37,39)/b23-15+. The zero-order valence-electron chi connectivity index (χ0n) is 23.4. The van der Waals surface area contributed by atoms with Gasteiger partial charge in [-0.05, 0) is 62.2 Å². The summed E-state index contributed by atoms with van der Waals surface area (Å²) in [5, 5.41) is 5.43. The SMILES string of the molecule is CCCOc1ccc(N2C(=O)NC(=O)/C(=C\c3ccccc3OCC(=O)Nc3ccc(C)c(Cl)c3)C2=O)cc1OCC. The van der Waals surface area contributed by atoms with Gasteiger partial charge in [0.15, 0.2) is 18.1 Å². The first-order valence-corrected chi connectivity index (χ1v) is 13.7. The first-order valence-electron chi connectivity index (χ1n) is 13.3. The normalized spacial score (nSPS) is 14.0. The van der Waals surface area contributed by atoms with Crippen LogP contribution in [0.4, 0.5) is 16.2 Å². The molecule has 0 bridgehead atoms. The number of para-hydroxylation sites is 1. The van der Waals surface area contributed by atoms with Crippen molar-refractivity contribution in [2.75, 3.05) is 30.0 Å². The maximum atomic E-state index is 13.5. The van der Waals surface area contributed by atoms with Gasteiger partial charge in [-0.25, -0.2) is 9.69 Å². The molecule has 0 aliphatic carbocycles. The van der Waals surface area contributed by atoms with E-state index in [1.165, 1.54) is 18.2 Å². The molecular formula is C31H30ClN3O7. The van der Waals surface area contributed by atoms with Gasteiger partial charge in [0.25, 0.3) is 17.7 Å². The highest BCUT2D eigenvalue weighted by Crippen LogP contribution is 2.34. The molecule has 1 heterocycles. The molecule has 1 aliphatic heterocycles. The molecule has 3 aromatic rings. The lowest BCUT2D eigenvalue weighted by atomic mass is 10.1. The zero-order valence-corrected chi connectivity index (χ0v) is 24.1. The summed E-state index contributed by atoms with van der Waals surface area (Å²) in [4.78, 5) is 52.4. The van der Waals surface area contributed by atoms with Crippen molar-refractivity contribution in [3.63, 3.8) is 0 Å². The average molecular weight is 592 g/mol. The summed E-state index contributed by atoms with van der Waals surface area (Å²) in [5.41, 5.74) is 1.65. The predicted octanol–water partition coefficient (Wildman–Crippen LogP) is 5.52. The van der Waals surface area contributed by atoms with Crippen molar-refractivity contribution in [2.45, 2.75) is 27.2 Å². The van der Waals surface area contributed by atoms with E-state index in [1.54, 1.807) is 55.5 Å². The Morgan fingerprint density at radius 1 is 0.952 bits per heavy atom. The number of amides is 5. The number of carbonyl (C=O) groups is 4. The van der Waals surface area contributed by atoms with Crippen LogP contribution in [0.2, 0.25) is 5.02 Å². The van der Waals surface area contributed by atoms with E-state index in [0.29, 0.717) is 41.0 Å². The van der Waals surface area contributed by atoms with Crippen LogP contribution in [0.3, 0.4) is 0 Å². The van der Waals surface area contributed by atoms with E-state index in [-0.39, 0.29) is 23.6 Å². The van der Waals surface area contributed by atoms with Crippen LogP contribution in [0.1, 0.15) is 31.4 Å². The number of nitrogens with one attached hydrogen (secondary N) is 2. The first kappa shape index (κ1) is 30.1. The van der Waals surface area contributed by atoms with Crippen LogP contribution < -0.4 is 29.7 Å². The third-order valence-electron chi connectivity index (χ3n) is 6.08. The van der Waals surface area contributed by atoms with Gasteiger partial charge in [0.05, 0.1) is 18.9 Å². The third-order valence-corrected chi connectivity index (χ3v) is 6.49. The second-order valence-corrected chi connectivity index (χ2v) is 9.62. The monoisotopic (exact) mass is 591 g/mol. The van der Waals surface area contributed by atoms with Crippen LogP contribution in [-0.2, 0) is 14.4 Å². The van der Waals surface area contributed by atoms with Crippen molar-refractivity contribution >= 4 is 52.8 Å². The first-order chi connectivity index (χ1) is 20.2. The maximum absolute atomic E-state index is 13.5. The number of anilines is 2. The molecule has 0 radical (unpaired) electrons. The molecule has 10 nitrogen and oxygen atoms in total. The lowest BCUT2D eigenvalue weighted by Crippen LogP contribution is -2.54. The highest BCUT2D eigenvalue weighted by molar-refractivity contribution is 6.39. The van der Waals surface area contributed by atoms with Crippen LogP contribution in [0.25, 0.3) is 6.08 Å². The minimum absolute atomic E-state index is 0.195. The van der Waals surface area contributed by atoms with Gasteiger partial charge in [-0.3, -0.25) is 19.7 Å². The fourth-order valence-corrected chi connectivity index (χ4v) is 4.21. The quantitative estimate of drug-likeness (QED) is 0.222. The maximum Gasteiger partial charge on any atom is 0.335 e. The highest BCUT2D eigenvalue weighted by atomic mass is 35.5. The molecule has 42 heavy (non-hydrogen) atoms. The van der Waals surface area contributed by atoms with E-state index < -0.39 is 23.8 Å². The third kappa shape index (κ3) is 7.08. The molecule has 1 aliphatic rings. The van der Waals surface area contributed by atoms with E-state index in [0.717, 1.165) is 16.9 Å². The lowest BCUT2D eigenvalue weighted by molar-refractivity contribution is -0.122. The molecule has 11 heteroatoms. The number of barbiturate groups is 1. The van der Waals surface area contributed by atoms with Gasteiger partial charge in [0.1, 0.15) is 11.3 Å². The Morgan fingerprint density at radius 3 is 2.48 bits per heavy atom. The topological polar surface area (TPSA) is 123 Å². The molecule has 0 aromatic heterocycles. The van der Waals surface area contributed by atoms with E-state index >= 15 is 0 Å². The van der Waals surface area contributed by atoms with Gasteiger partial charge in [-0.1, -0.05) is 42.8 Å². The highest BCUT2D eigenvalue weighted by Gasteiger charge is 2.37. The molecule has 0 unspecified atom stereocenters. The summed E-state index contributed by atoms with van der Waals surface area (Å²) in [5.74, 6) is -1.05. The van der Waals surface area contributed by atoms with Crippen molar-refractivity contribution in [3.05, 3.63) is 82.4 Å². The number of urea groups is 1. The Labute approximate surface area is 248 Å². The molecule has 1 saturated heterocycles. The van der Waals surface area contributed by atoms with Crippen LogP contribution in [0.5, 0.6) is 17.2 Å². The number of hydrogen-bond acceptors (Lipinski definition) is 7.